The molecular weight excluding hydrogens is 255 g/mol. The molecule has 1 heterocycles. The molecule has 0 unspecified atom stereocenters. The van der Waals surface area contributed by atoms with Crippen molar-refractivity contribution in [3.05, 3.63) is 41.4 Å². The highest BCUT2D eigenvalue weighted by atomic mass is 35.5. The van der Waals surface area contributed by atoms with Gasteiger partial charge in [0.1, 0.15) is 11.6 Å². The van der Waals surface area contributed by atoms with Gasteiger partial charge in [0.2, 0.25) is 0 Å². The highest BCUT2D eigenvalue weighted by Crippen LogP contribution is 2.33. The summed E-state index contributed by atoms with van der Waals surface area (Å²) in [7, 11) is 0. The van der Waals surface area contributed by atoms with Crippen LogP contribution in [0.3, 0.4) is 0 Å². The van der Waals surface area contributed by atoms with Crippen LogP contribution in [-0.4, -0.2) is 11.6 Å². The van der Waals surface area contributed by atoms with Crippen LogP contribution in [0.25, 0.3) is 11.1 Å². The maximum absolute atomic E-state index is 13.4. The van der Waals surface area contributed by atoms with Gasteiger partial charge in [0.15, 0.2) is 0 Å². The van der Waals surface area contributed by atoms with Gasteiger partial charge in [-0.05, 0) is 25.1 Å². The predicted octanol–water partition coefficient (Wildman–Crippen LogP) is 3.52. The zero-order chi connectivity index (χ0) is 13.1. The Morgan fingerprint density at radius 1 is 1.33 bits per heavy atom. The summed E-state index contributed by atoms with van der Waals surface area (Å²) >= 11 is 5.85. The van der Waals surface area contributed by atoms with E-state index in [2.05, 4.69) is 4.98 Å². The number of anilines is 1. The van der Waals surface area contributed by atoms with E-state index in [0.29, 0.717) is 29.2 Å². The molecule has 94 valence electrons. The number of hydrogen-bond acceptors (Lipinski definition) is 3. The first kappa shape index (κ1) is 12.6. The Hall–Kier alpha value is -1.81. The summed E-state index contributed by atoms with van der Waals surface area (Å²) in [6, 6.07) is 4.26. The van der Waals surface area contributed by atoms with Gasteiger partial charge in [-0.3, -0.25) is 4.98 Å². The van der Waals surface area contributed by atoms with Crippen LogP contribution in [0.15, 0.2) is 30.6 Å². The van der Waals surface area contributed by atoms with Crippen LogP contribution in [0.5, 0.6) is 5.75 Å². The molecule has 1 aromatic carbocycles. The van der Waals surface area contributed by atoms with E-state index < -0.39 is 5.82 Å². The number of nitrogens with two attached hydrogens (primary N) is 1. The number of ether oxygens (including phenoxy) is 1. The Kier molecular flexibility index (Phi) is 3.67. The molecule has 0 aliphatic rings. The number of halogens is 2. The molecular formula is C13H12ClFN2O. The van der Waals surface area contributed by atoms with Crippen LogP contribution in [-0.2, 0) is 0 Å². The standard InChI is InChI=1S/C13H12ClFN2O/c1-2-18-10-3-8(6-17-7-10)11-4-9(15)5-12(14)13(11)16/h3-7H,2,16H2,1H3. The Bertz CT molecular complexity index is 575. The fraction of sp³-hybridized carbons (Fsp3) is 0.154. The van der Waals surface area contributed by atoms with E-state index in [1.165, 1.54) is 12.1 Å². The first-order chi connectivity index (χ1) is 8.61. The summed E-state index contributed by atoms with van der Waals surface area (Å²) in [5, 5.41) is 0.187. The lowest BCUT2D eigenvalue weighted by Gasteiger charge is -2.09. The van der Waals surface area contributed by atoms with Crippen molar-refractivity contribution in [2.45, 2.75) is 6.92 Å². The van der Waals surface area contributed by atoms with E-state index in [-0.39, 0.29) is 5.02 Å². The average molecular weight is 267 g/mol. The molecule has 0 radical (unpaired) electrons. The van der Waals surface area contributed by atoms with Gasteiger partial charge >= 0.3 is 0 Å². The van der Waals surface area contributed by atoms with Crippen LogP contribution in [0.4, 0.5) is 10.1 Å². The number of rotatable bonds is 3. The van der Waals surface area contributed by atoms with Crippen molar-refractivity contribution in [3.8, 4) is 16.9 Å². The molecule has 5 heteroatoms. The largest absolute Gasteiger partial charge is 0.492 e. The van der Waals surface area contributed by atoms with Crippen molar-refractivity contribution < 1.29 is 9.13 Å². The van der Waals surface area contributed by atoms with Crippen LogP contribution < -0.4 is 10.5 Å². The summed E-state index contributed by atoms with van der Waals surface area (Å²) < 4.78 is 18.7. The molecule has 0 aliphatic carbocycles. The fourth-order valence-electron chi connectivity index (χ4n) is 1.64. The van der Waals surface area contributed by atoms with Gasteiger partial charge in [-0.25, -0.2) is 4.39 Å². The molecule has 3 nitrogen and oxygen atoms in total. The molecule has 0 atom stereocenters. The third kappa shape index (κ3) is 2.54. The van der Waals surface area contributed by atoms with Crippen molar-refractivity contribution in [2.75, 3.05) is 12.3 Å². The van der Waals surface area contributed by atoms with Crippen molar-refractivity contribution >= 4 is 17.3 Å². The second kappa shape index (κ2) is 5.23. The second-order valence-electron chi connectivity index (χ2n) is 3.69. The van der Waals surface area contributed by atoms with E-state index in [0.717, 1.165) is 0 Å². The highest BCUT2D eigenvalue weighted by molar-refractivity contribution is 6.33. The molecule has 0 spiro atoms. The predicted molar refractivity (Wildman–Crippen MR) is 70.2 cm³/mol. The Morgan fingerprint density at radius 2 is 2.11 bits per heavy atom. The van der Waals surface area contributed by atoms with Gasteiger partial charge in [-0.2, -0.15) is 0 Å². The van der Waals surface area contributed by atoms with Gasteiger partial charge in [-0.15, -0.1) is 0 Å². The third-order valence-electron chi connectivity index (χ3n) is 2.43. The van der Waals surface area contributed by atoms with E-state index in [1.54, 1.807) is 18.5 Å². The molecule has 0 saturated heterocycles. The number of nitrogens with zero attached hydrogens (tertiary/aromatic N) is 1. The first-order valence-electron chi connectivity index (χ1n) is 5.44. The minimum Gasteiger partial charge on any atom is -0.492 e. The summed E-state index contributed by atoms with van der Waals surface area (Å²) in [6.45, 7) is 2.41. The van der Waals surface area contributed by atoms with Gasteiger partial charge in [0.05, 0.1) is 23.5 Å². The van der Waals surface area contributed by atoms with Crippen molar-refractivity contribution in [3.63, 3.8) is 0 Å². The summed E-state index contributed by atoms with van der Waals surface area (Å²) in [4.78, 5) is 4.03. The van der Waals surface area contributed by atoms with E-state index in [4.69, 9.17) is 22.1 Å². The molecule has 2 N–H and O–H groups in total. The van der Waals surface area contributed by atoms with Crippen LogP contribution in [0, 0.1) is 5.82 Å². The summed E-state index contributed by atoms with van der Waals surface area (Å²) in [5.41, 5.74) is 7.34. The zero-order valence-corrected chi connectivity index (χ0v) is 10.5. The van der Waals surface area contributed by atoms with Crippen molar-refractivity contribution in [1.82, 2.24) is 4.98 Å². The minimum absolute atomic E-state index is 0.187. The zero-order valence-electron chi connectivity index (χ0n) is 9.78. The Morgan fingerprint density at radius 3 is 2.83 bits per heavy atom. The van der Waals surface area contributed by atoms with Gasteiger partial charge in [0, 0.05) is 17.3 Å². The van der Waals surface area contributed by atoms with Crippen LogP contribution >= 0.6 is 11.6 Å². The van der Waals surface area contributed by atoms with Crippen molar-refractivity contribution in [1.29, 1.82) is 0 Å². The quantitative estimate of drug-likeness (QED) is 0.865. The SMILES string of the molecule is CCOc1cncc(-c2cc(F)cc(Cl)c2N)c1. The van der Waals surface area contributed by atoms with E-state index >= 15 is 0 Å². The topological polar surface area (TPSA) is 48.1 Å². The Labute approximate surface area is 109 Å². The van der Waals surface area contributed by atoms with Gasteiger partial charge < -0.3 is 10.5 Å². The minimum atomic E-state index is -0.439. The number of aromatic nitrogens is 1. The number of benzene rings is 1. The van der Waals surface area contributed by atoms with Gasteiger partial charge in [-0.1, -0.05) is 11.6 Å². The molecule has 18 heavy (non-hydrogen) atoms. The molecule has 0 amide bonds. The number of hydrogen-bond donors (Lipinski definition) is 1. The highest BCUT2D eigenvalue weighted by Gasteiger charge is 2.10. The molecule has 2 rings (SSSR count). The molecule has 0 fully saturated rings. The number of pyridine rings is 1. The lowest BCUT2D eigenvalue weighted by Crippen LogP contribution is -1.96. The molecule has 0 aliphatic heterocycles. The third-order valence-corrected chi connectivity index (χ3v) is 2.74. The number of nitrogen functional groups attached to an aromatic ring is 1. The van der Waals surface area contributed by atoms with E-state index in [1.807, 2.05) is 6.92 Å². The molecule has 1 aromatic heterocycles. The fourth-order valence-corrected chi connectivity index (χ4v) is 1.84. The van der Waals surface area contributed by atoms with Crippen LogP contribution in [0.1, 0.15) is 6.92 Å². The molecule has 0 bridgehead atoms. The summed E-state index contributed by atoms with van der Waals surface area (Å²) in [6.07, 6.45) is 3.17. The molecule has 0 saturated carbocycles. The van der Waals surface area contributed by atoms with E-state index in [9.17, 15) is 4.39 Å². The lowest BCUT2D eigenvalue weighted by molar-refractivity contribution is 0.339. The maximum atomic E-state index is 13.4. The molecule has 2 aromatic rings. The monoisotopic (exact) mass is 266 g/mol. The normalized spacial score (nSPS) is 10.4. The lowest BCUT2D eigenvalue weighted by atomic mass is 10.1. The smallest absolute Gasteiger partial charge is 0.138 e. The Balaban J connectivity index is 2.51. The second-order valence-corrected chi connectivity index (χ2v) is 4.10. The van der Waals surface area contributed by atoms with Crippen molar-refractivity contribution in [2.24, 2.45) is 0 Å². The summed E-state index contributed by atoms with van der Waals surface area (Å²) in [5.74, 6) is 0.167. The average Bonchev–Trinajstić information content (AvgIpc) is 2.34. The van der Waals surface area contributed by atoms with Gasteiger partial charge in [0.25, 0.3) is 0 Å². The first-order valence-corrected chi connectivity index (χ1v) is 5.82. The maximum Gasteiger partial charge on any atom is 0.138 e. The van der Waals surface area contributed by atoms with Crippen LogP contribution in [0.2, 0.25) is 5.02 Å².